The van der Waals surface area contributed by atoms with Crippen LogP contribution in [0.3, 0.4) is 0 Å². The fourth-order valence-electron chi connectivity index (χ4n) is 3.75. The van der Waals surface area contributed by atoms with E-state index in [4.69, 9.17) is 9.47 Å². The number of nitrogens with one attached hydrogen (secondary N) is 1. The van der Waals surface area contributed by atoms with Crippen molar-refractivity contribution in [3.63, 3.8) is 0 Å². The van der Waals surface area contributed by atoms with E-state index >= 15 is 0 Å². The molecule has 0 bridgehead atoms. The molecule has 2 atom stereocenters. The van der Waals surface area contributed by atoms with Crippen LogP contribution >= 0.6 is 11.3 Å². The summed E-state index contributed by atoms with van der Waals surface area (Å²) >= 11 is 1.42. The summed E-state index contributed by atoms with van der Waals surface area (Å²) in [4.78, 5) is 28.4. The number of likely N-dealkylation sites (tertiary alicyclic amines) is 1. The highest BCUT2D eigenvalue weighted by molar-refractivity contribution is 7.12. The number of hydrogen-bond donors (Lipinski definition) is 1. The minimum Gasteiger partial charge on any atom is -0.497 e. The number of nitrogens with zero attached hydrogens (tertiary/aromatic N) is 1. The standard InChI is InChI=1S/C22H28N2O4S/c1-4-5-10-23-21(25)18-14-24(22(26)20-7-6-11-29-20)13-17(18)16-9-8-15(27-2)12-19(16)28-3/h6-9,11-12,17-18H,4-5,10,13-14H2,1-3H3,(H,23,25). The topological polar surface area (TPSA) is 67.9 Å². The summed E-state index contributed by atoms with van der Waals surface area (Å²) in [7, 11) is 3.22. The second kappa shape index (κ2) is 9.78. The quantitative estimate of drug-likeness (QED) is 0.669. The van der Waals surface area contributed by atoms with Crippen LogP contribution in [0, 0.1) is 5.92 Å². The highest BCUT2D eigenvalue weighted by atomic mass is 32.1. The minimum atomic E-state index is -0.321. The Kier molecular flexibility index (Phi) is 7.14. The van der Waals surface area contributed by atoms with Crippen molar-refractivity contribution in [1.29, 1.82) is 0 Å². The predicted molar refractivity (Wildman–Crippen MR) is 114 cm³/mol. The fourth-order valence-corrected chi connectivity index (χ4v) is 4.44. The zero-order chi connectivity index (χ0) is 20.8. The lowest BCUT2D eigenvalue weighted by molar-refractivity contribution is -0.124. The Hall–Kier alpha value is -2.54. The van der Waals surface area contributed by atoms with Crippen LogP contribution in [0.5, 0.6) is 11.5 Å². The Morgan fingerprint density at radius 2 is 2.03 bits per heavy atom. The number of thiophene rings is 1. The number of unbranched alkanes of at least 4 members (excludes halogenated alkanes) is 1. The van der Waals surface area contributed by atoms with E-state index < -0.39 is 0 Å². The molecule has 2 unspecified atom stereocenters. The van der Waals surface area contributed by atoms with Gasteiger partial charge >= 0.3 is 0 Å². The molecule has 0 aliphatic carbocycles. The zero-order valence-electron chi connectivity index (χ0n) is 17.1. The largest absolute Gasteiger partial charge is 0.497 e. The van der Waals surface area contributed by atoms with E-state index in [-0.39, 0.29) is 23.7 Å². The molecular weight excluding hydrogens is 388 g/mol. The van der Waals surface area contributed by atoms with Gasteiger partial charge in [0.25, 0.3) is 5.91 Å². The lowest BCUT2D eigenvalue weighted by Crippen LogP contribution is -2.36. The molecular formula is C22H28N2O4S. The predicted octanol–water partition coefficient (Wildman–Crippen LogP) is 3.54. The number of methoxy groups -OCH3 is 2. The maximum atomic E-state index is 13.0. The van der Waals surface area contributed by atoms with E-state index in [2.05, 4.69) is 12.2 Å². The molecule has 156 valence electrons. The van der Waals surface area contributed by atoms with Gasteiger partial charge in [-0.15, -0.1) is 11.3 Å². The normalized spacial score (nSPS) is 18.5. The Bertz CT molecular complexity index is 837. The van der Waals surface area contributed by atoms with E-state index in [0.29, 0.717) is 36.0 Å². The van der Waals surface area contributed by atoms with Gasteiger partial charge in [0.2, 0.25) is 5.91 Å². The molecule has 6 nitrogen and oxygen atoms in total. The summed E-state index contributed by atoms with van der Waals surface area (Å²) < 4.78 is 10.9. The molecule has 2 amide bonds. The Balaban J connectivity index is 1.88. The van der Waals surface area contributed by atoms with Crippen LogP contribution in [-0.4, -0.2) is 50.6 Å². The molecule has 2 heterocycles. The first kappa shape index (κ1) is 21.2. The molecule has 1 aromatic heterocycles. The van der Waals surface area contributed by atoms with Crippen LogP contribution in [0.4, 0.5) is 0 Å². The van der Waals surface area contributed by atoms with Gasteiger partial charge in [-0.3, -0.25) is 9.59 Å². The molecule has 1 aromatic carbocycles. The van der Waals surface area contributed by atoms with Gasteiger partial charge in [-0.25, -0.2) is 0 Å². The monoisotopic (exact) mass is 416 g/mol. The molecule has 0 spiro atoms. The van der Waals surface area contributed by atoms with Crippen LogP contribution < -0.4 is 14.8 Å². The third-order valence-electron chi connectivity index (χ3n) is 5.35. The van der Waals surface area contributed by atoms with Crippen LogP contribution in [0.2, 0.25) is 0 Å². The third-order valence-corrected chi connectivity index (χ3v) is 6.20. The lowest BCUT2D eigenvalue weighted by Gasteiger charge is -2.21. The Labute approximate surface area is 175 Å². The van der Waals surface area contributed by atoms with Crippen molar-refractivity contribution in [3.05, 3.63) is 46.2 Å². The molecule has 3 rings (SSSR count). The highest BCUT2D eigenvalue weighted by Crippen LogP contribution is 2.40. The summed E-state index contributed by atoms with van der Waals surface area (Å²) in [5, 5.41) is 4.93. The number of amides is 2. The van der Waals surface area contributed by atoms with Crippen LogP contribution in [-0.2, 0) is 4.79 Å². The van der Waals surface area contributed by atoms with E-state index in [1.165, 1.54) is 11.3 Å². The SMILES string of the molecule is CCCCNC(=O)C1CN(C(=O)c2cccs2)CC1c1ccc(OC)cc1OC. The van der Waals surface area contributed by atoms with E-state index in [9.17, 15) is 9.59 Å². The lowest BCUT2D eigenvalue weighted by atomic mass is 9.87. The minimum absolute atomic E-state index is 0.0113. The molecule has 1 aliphatic heterocycles. The van der Waals surface area contributed by atoms with Gasteiger partial charge in [-0.2, -0.15) is 0 Å². The van der Waals surface area contributed by atoms with Gasteiger partial charge in [0.05, 0.1) is 25.0 Å². The van der Waals surface area contributed by atoms with Gasteiger partial charge in [-0.1, -0.05) is 25.5 Å². The molecule has 1 aliphatic rings. The van der Waals surface area contributed by atoms with Crippen molar-refractivity contribution in [1.82, 2.24) is 10.2 Å². The molecule has 29 heavy (non-hydrogen) atoms. The van der Waals surface area contributed by atoms with Gasteiger partial charge in [0, 0.05) is 37.2 Å². The summed E-state index contributed by atoms with van der Waals surface area (Å²) in [6, 6.07) is 9.32. The first-order valence-electron chi connectivity index (χ1n) is 9.91. The molecule has 0 radical (unpaired) electrons. The van der Waals surface area contributed by atoms with E-state index in [0.717, 1.165) is 18.4 Å². The average Bonchev–Trinajstić information content (AvgIpc) is 3.43. The summed E-state index contributed by atoms with van der Waals surface area (Å²) in [6.45, 7) is 3.62. The fraction of sp³-hybridized carbons (Fsp3) is 0.455. The summed E-state index contributed by atoms with van der Waals surface area (Å²) in [5.74, 6) is 0.869. The van der Waals surface area contributed by atoms with Crippen LogP contribution in [0.25, 0.3) is 0 Å². The van der Waals surface area contributed by atoms with Crippen LogP contribution in [0.15, 0.2) is 35.7 Å². The second-order valence-corrected chi connectivity index (χ2v) is 8.10. The summed E-state index contributed by atoms with van der Waals surface area (Å²) in [6.07, 6.45) is 1.95. The maximum absolute atomic E-state index is 13.0. The third kappa shape index (κ3) is 4.72. The summed E-state index contributed by atoms with van der Waals surface area (Å²) in [5.41, 5.74) is 0.922. The molecule has 2 aromatic rings. The van der Waals surface area contributed by atoms with Crippen molar-refractivity contribution in [2.75, 3.05) is 33.9 Å². The second-order valence-electron chi connectivity index (χ2n) is 7.15. The van der Waals surface area contributed by atoms with Crippen molar-refractivity contribution < 1.29 is 19.1 Å². The van der Waals surface area contributed by atoms with Crippen molar-refractivity contribution >= 4 is 23.2 Å². The van der Waals surface area contributed by atoms with Crippen molar-refractivity contribution in [2.24, 2.45) is 5.92 Å². The number of hydrogen-bond acceptors (Lipinski definition) is 5. The molecule has 1 fully saturated rings. The van der Waals surface area contributed by atoms with Gasteiger partial charge in [-0.05, 0) is 23.9 Å². The number of benzene rings is 1. The number of carbonyl (C=O) groups is 2. The number of rotatable bonds is 8. The Morgan fingerprint density at radius 1 is 1.21 bits per heavy atom. The zero-order valence-corrected chi connectivity index (χ0v) is 18.0. The van der Waals surface area contributed by atoms with E-state index in [1.54, 1.807) is 19.1 Å². The van der Waals surface area contributed by atoms with Gasteiger partial charge in [0.15, 0.2) is 0 Å². The first-order chi connectivity index (χ1) is 14.1. The molecule has 7 heteroatoms. The van der Waals surface area contributed by atoms with Gasteiger partial charge < -0.3 is 19.7 Å². The van der Waals surface area contributed by atoms with E-state index in [1.807, 2.05) is 35.7 Å². The van der Waals surface area contributed by atoms with Crippen molar-refractivity contribution in [2.45, 2.75) is 25.7 Å². The molecule has 1 N–H and O–H groups in total. The van der Waals surface area contributed by atoms with Crippen LogP contribution in [0.1, 0.15) is 40.9 Å². The smallest absolute Gasteiger partial charge is 0.263 e. The first-order valence-corrected chi connectivity index (χ1v) is 10.8. The maximum Gasteiger partial charge on any atom is 0.263 e. The average molecular weight is 417 g/mol. The Morgan fingerprint density at radius 3 is 2.69 bits per heavy atom. The number of ether oxygens (including phenoxy) is 2. The highest BCUT2D eigenvalue weighted by Gasteiger charge is 2.41. The van der Waals surface area contributed by atoms with Gasteiger partial charge in [0.1, 0.15) is 11.5 Å². The van der Waals surface area contributed by atoms with Crippen molar-refractivity contribution in [3.8, 4) is 11.5 Å². The molecule has 1 saturated heterocycles. The number of carbonyl (C=O) groups excluding carboxylic acids is 2. The molecule has 0 saturated carbocycles.